The Morgan fingerprint density at radius 2 is 1.85 bits per heavy atom. The second-order valence-corrected chi connectivity index (χ2v) is 6.80. The van der Waals surface area contributed by atoms with E-state index >= 15 is 0 Å². The molecule has 1 aromatic carbocycles. The van der Waals surface area contributed by atoms with Crippen LogP contribution < -0.4 is 10.5 Å². The summed E-state index contributed by atoms with van der Waals surface area (Å²) in [5.41, 5.74) is 2.17. The number of nitriles is 2. The van der Waals surface area contributed by atoms with Crippen molar-refractivity contribution in [1.29, 1.82) is 10.5 Å². The quantitative estimate of drug-likeness (QED) is 0.779. The van der Waals surface area contributed by atoms with E-state index in [1.807, 2.05) is 22.8 Å². The first-order chi connectivity index (χ1) is 12.6. The molecular formula is C19H15N5O2. The zero-order valence-corrected chi connectivity index (χ0v) is 13.9. The lowest BCUT2D eigenvalue weighted by Crippen LogP contribution is -2.47. The number of nitroso groups, excluding NO2 is 1. The molecule has 4 rings (SSSR count). The van der Waals surface area contributed by atoms with E-state index in [4.69, 9.17) is 5.26 Å². The summed E-state index contributed by atoms with van der Waals surface area (Å²) >= 11 is 0. The molecule has 2 aromatic rings. The molecule has 2 aliphatic heterocycles. The standard InChI is InChI=1S/C19H15N5O2/c20-7-13-5-16(22-26)18(6-14(13)8-21)23-9-12-4-15(11-23)17-2-1-3-19(25)24(17)10-12/h1-3,5-6,12,15H,4,9-11H2. The fourth-order valence-electron chi connectivity index (χ4n) is 4.18. The van der Waals surface area contributed by atoms with E-state index in [0.717, 1.165) is 12.1 Å². The van der Waals surface area contributed by atoms with Crippen LogP contribution in [0.2, 0.25) is 0 Å². The minimum absolute atomic E-state index is 0.0195. The molecule has 2 atom stereocenters. The molecule has 26 heavy (non-hydrogen) atoms. The summed E-state index contributed by atoms with van der Waals surface area (Å²) in [6.45, 7) is 1.96. The van der Waals surface area contributed by atoms with Gasteiger partial charge in [-0.05, 0) is 35.7 Å². The number of pyridine rings is 1. The number of hydrogen-bond donors (Lipinski definition) is 0. The molecular weight excluding hydrogens is 330 g/mol. The molecule has 0 amide bonds. The van der Waals surface area contributed by atoms with Crippen LogP contribution in [0.3, 0.4) is 0 Å². The lowest BCUT2D eigenvalue weighted by atomic mass is 9.82. The highest BCUT2D eigenvalue weighted by atomic mass is 16.3. The zero-order chi connectivity index (χ0) is 18.3. The van der Waals surface area contributed by atoms with Crippen LogP contribution in [-0.4, -0.2) is 17.7 Å². The van der Waals surface area contributed by atoms with Crippen LogP contribution in [0.1, 0.15) is 29.2 Å². The molecule has 2 aliphatic rings. The summed E-state index contributed by atoms with van der Waals surface area (Å²) in [5.74, 6) is 0.458. The first-order valence-corrected chi connectivity index (χ1v) is 8.41. The van der Waals surface area contributed by atoms with Crippen LogP contribution in [0.4, 0.5) is 11.4 Å². The van der Waals surface area contributed by atoms with Crippen LogP contribution in [0, 0.1) is 33.5 Å². The first kappa shape index (κ1) is 16.0. The van der Waals surface area contributed by atoms with Crippen LogP contribution in [0.25, 0.3) is 0 Å². The maximum atomic E-state index is 12.1. The maximum absolute atomic E-state index is 12.1. The molecule has 3 heterocycles. The van der Waals surface area contributed by atoms with Gasteiger partial charge < -0.3 is 9.47 Å². The molecule has 1 fully saturated rings. The normalized spacial score (nSPS) is 20.6. The van der Waals surface area contributed by atoms with E-state index in [0.29, 0.717) is 25.3 Å². The Labute approximate surface area is 149 Å². The molecule has 128 valence electrons. The minimum Gasteiger partial charge on any atom is -0.369 e. The molecule has 0 spiro atoms. The number of fused-ring (bicyclic) bond motifs is 4. The predicted molar refractivity (Wildman–Crippen MR) is 95.1 cm³/mol. The van der Waals surface area contributed by atoms with Crippen molar-refractivity contribution in [2.75, 3.05) is 18.0 Å². The van der Waals surface area contributed by atoms with Gasteiger partial charge in [-0.3, -0.25) is 4.79 Å². The van der Waals surface area contributed by atoms with Gasteiger partial charge in [-0.15, -0.1) is 4.91 Å². The number of benzene rings is 1. The van der Waals surface area contributed by atoms with Crippen molar-refractivity contribution in [3.63, 3.8) is 0 Å². The fourth-order valence-corrected chi connectivity index (χ4v) is 4.18. The van der Waals surface area contributed by atoms with Crippen molar-refractivity contribution >= 4 is 11.4 Å². The van der Waals surface area contributed by atoms with Crippen LogP contribution in [0.15, 0.2) is 40.3 Å². The zero-order valence-electron chi connectivity index (χ0n) is 13.9. The van der Waals surface area contributed by atoms with Gasteiger partial charge >= 0.3 is 0 Å². The highest BCUT2D eigenvalue weighted by molar-refractivity contribution is 5.73. The van der Waals surface area contributed by atoms with E-state index in [2.05, 4.69) is 10.1 Å². The van der Waals surface area contributed by atoms with E-state index < -0.39 is 0 Å². The highest BCUT2D eigenvalue weighted by Gasteiger charge is 2.35. The van der Waals surface area contributed by atoms with Gasteiger partial charge in [0.2, 0.25) is 0 Å². The third kappa shape index (κ3) is 2.46. The number of hydrogen-bond acceptors (Lipinski definition) is 6. The van der Waals surface area contributed by atoms with Crippen molar-refractivity contribution in [2.45, 2.75) is 18.9 Å². The minimum atomic E-state index is 0.0195. The summed E-state index contributed by atoms with van der Waals surface area (Å²) in [6, 6.07) is 12.2. The largest absolute Gasteiger partial charge is 0.369 e. The summed E-state index contributed by atoms with van der Waals surface area (Å²) in [6.07, 6.45) is 0.991. The fraction of sp³-hybridized carbons (Fsp3) is 0.316. The SMILES string of the molecule is N#Cc1cc(N=O)c(N2CC3CC(C2)c2cccc(=O)n2C3)cc1C#N. The van der Waals surface area contributed by atoms with Gasteiger partial charge in [-0.2, -0.15) is 10.5 Å². The summed E-state index contributed by atoms with van der Waals surface area (Å²) in [7, 11) is 0. The maximum Gasteiger partial charge on any atom is 0.250 e. The van der Waals surface area contributed by atoms with Gasteiger partial charge in [-0.1, -0.05) is 6.07 Å². The number of piperidine rings is 1. The Morgan fingerprint density at radius 1 is 1.08 bits per heavy atom. The van der Waals surface area contributed by atoms with Gasteiger partial charge in [0.15, 0.2) is 0 Å². The second-order valence-electron chi connectivity index (χ2n) is 6.80. The Kier molecular flexibility index (Phi) is 3.78. The Balaban J connectivity index is 1.76. The topological polar surface area (TPSA) is 102 Å². The average Bonchev–Trinajstić information content (AvgIpc) is 2.67. The molecule has 0 N–H and O–H groups in total. The third-order valence-electron chi connectivity index (χ3n) is 5.27. The van der Waals surface area contributed by atoms with Crippen LogP contribution in [-0.2, 0) is 6.54 Å². The Hall–Kier alpha value is -3.45. The van der Waals surface area contributed by atoms with Gasteiger partial charge in [0.25, 0.3) is 5.56 Å². The molecule has 7 heteroatoms. The van der Waals surface area contributed by atoms with E-state index in [-0.39, 0.29) is 34.2 Å². The van der Waals surface area contributed by atoms with Crippen LogP contribution >= 0.6 is 0 Å². The lowest BCUT2D eigenvalue weighted by molar-refractivity contribution is 0.281. The van der Waals surface area contributed by atoms with Gasteiger partial charge in [0.05, 0.1) is 16.8 Å². The summed E-state index contributed by atoms with van der Waals surface area (Å²) in [4.78, 5) is 25.5. The highest BCUT2D eigenvalue weighted by Crippen LogP contribution is 2.40. The lowest BCUT2D eigenvalue weighted by Gasteiger charge is -2.44. The van der Waals surface area contributed by atoms with Crippen LogP contribution in [0.5, 0.6) is 0 Å². The molecule has 1 saturated heterocycles. The van der Waals surface area contributed by atoms with E-state index in [1.54, 1.807) is 18.2 Å². The molecule has 0 aliphatic carbocycles. The molecule has 1 aromatic heterocycles. The predicted octanol–water partition coefficient (Wildman–Crippen LogP) is 2.61. The number of aromatic nitrogens is 1. The van der Waals surface area contributed by atoms with Crippen molar-refractivity contribution in [1.82, 2.24) is 4.57 Å². The Bertz CT molecular complexity index is 1040. The smallest absolute Gasteiger partial charge is 0.250 e. The van der Waals surface area contributed by atoms with Gasteiger partial charge in [0, 0.05) is 37.3 Å². The van der Waals surface area contributed by atoms with Crippen molar-refractivity contribution in [3.05, 3.63) is 62.4 Å². The second kappa shape index (κ2) is 6.12. The summed E-state index contributed by atoms with van der Waals surface area (Å²) in [5, 5.41) is 21.5. The van der Waals surface area contributed by atoms with Crippen molar-refractivity contribution in [3.8, 4) is 12.1 Å². The number of nitrogens with zero attached hydrogens (tertiary/aromatic N) is 5. The Morgan fingerprint density at radius 3 is 2.58 bits per heavy atom. The third-order valence-corrected chi connectivity index (χ3v) is 5.27. The first-order valence-electron chi connectivity index (χ1n) is 8.41. The summed E-state index contributed by atoms with van der Waals surface area (Å²) < 4.78 is 1.84. The molecule has 7 nitrogen and oxygen atoms in total. The number of rotatable bonds is 2. The van der Waals surface area contributed by atoms with E-state index in [1.165, 1.54) is 6.07 Å². The van der Waals surface area contributed by atoms with Gasteiger partial charge in [-0.25, -0.2) is 0 Å². The molecule has 0 radical (unpaired) electrons. The molecule has 2 unspecified atom stereocenters. The average molecular weight is 345 g/mol. The van der Waals surface area contributed by atoms with E-state index in [9.17, 15) is 15.0 Å². The monoisotopic (exact) mass is 345 g/mol. The van der Waals surface area contributed by atoms with Gasteiger partial charge in [0.1, 0.15) is 17.8 Å². The van der Waals surface area contributed by atoms with Crippen molar-refractivity contribution in [2.24, 2.45) is 11.1 Å². The van der Waals surface area contributed by atoms with Crippen molar-refractivity contribution < 1.29 is 0 Å². The molecule has 0 saturated carbocycles. The molecule has 2 bridgehead atoms. The number of anilines is 1.